The second-order valence-electron chi connectivity index (χ2n) is 12.4. The fourth-order valence-corrected chi connectivity index (χ4v) is 5.52. The second kappa shape index (κ2) is 13.5. The summed E-state index contributed by atoms with van der Waals surface area (Å²) >= 11 is 0. The van der Waals surface area contributed by atoms with E-state index in [1.165, 1.54) is 0 Å². The van der Waals surface area contributed by atoms with E-state index in [9.17, 15) is 14.7 Å². The topological polar surface area (TPSA) is 136 Å². The Kier molecular flexibility index (Phi) is 9.51. The molecule has 230 valence electrons. The zero-order valence-electron chi connectivity index (χ0n) is 25.7. The predicted octanol–water partition coefficient (Wildman–Crippen LogP) is 4.27. The average molecular weight is 596 g/mol. The van der Waals surface area contributed by atoms with E-state index in [2.05, 4.69) is 31.3 Å². The fourth-order valence-electron chi connectivity index (χ4n) is 5.52. The van der Waals surface area contributed by atoms with Gasteiger partial charge in [-0.1, -0.05) is 80.6 Å². The lowest BCUT2D eigenvalue weighted by Crippen LogP contribution is -2.51. The number of benzene rings is 3. The Hall–Kier alpha value is -4.41. The van der Waals surface area contributed by atoms with Crippen molar-refractivity contribution in [2.24, 2.45) is 5.92 Å². The molecule has 10 heteroatoms. The Morgan fingerprint density at radius 2 is 1.75 bits per heavy atom. The minimum atomic E-state index is -0.645. The number of fused-ring (bicyclic) bond motifs is 1. The van der Waals surface area contributed by atoms with Crippen molar-refractivity contribution in [1.29, 1.82) is 0 Å². The number of amides is 2. The van der Waals surface area contributed by atoms with Crippen LogP contribution in [0.5, 0.6) is 0 Å². The minimum absolute atomic E-state index is 0.118. The van der Waals surface area contributed by atoms with Crippen molar-refractivity contribution in [3.8, 4) is 22.5 Å². The number of aliphatic hydroxyl groups is 1. The van der Waals surface area contributed by atoms with Gasteiger partial charge in [0.2, 0.25) is 17.6 Å². The maximum Gasteiger partial charge on any atom is 0.249 e. The number of β-amino-alcohol motifs (C(OH)–C–C–N with tert-alkyl or cyclic N) is 1. The number of rotatable bonds is 11. The Bertz CT molecular complexity index is 1570. The Morgan fingerprint density at radius 1 is 1.05 bits per heavy atom. The van der Waals surface area contributed by atoms with Gasteiger partial charge < -0.3 is 20.6 Å². The molecule has 2 amide bonds. The molecule has 0 radical (unpaired) electrons. The van der Waals surface area contributed by atoms with Crippen LogP contribution in [0.25, 0.3) is 22.5 Å². The highest BCUT2D eigenvalue weighted by molar-refractivity contribution is 6.00. The third-order valence-corrected chi connectivity index (χ3v) is 8.16. The molecule has 1 aromatic heterocycles. The number of anilines is 1. The van der Waals surface area contributed by atoms with Gasteiger partial charge in [-0.05, 0) is 66.1 Å². The number of nitrogens with one attached hydrogen (secondary N) is 3. The number of H-pyrrole nitrogens is 1. The molecule has 5 rings (SSSR count). The van der Waals surface area contributed by atoms with Crippen molar-refractivity contribution in [3.63, 3.8) is 0 Å². The van der Waals surface area contributed by atoms with E-state index in [4.69, 9.17) is 0 Å². The van der Waals surface area contributed by atoms with Gasteiger partial charge in [0, 0.05) is 29.8 Å². The van der Waals surface area contributed by atoms with E-state index >= 15 is 0 Å². The number of hydrogen-bond donors (Lipinski definition) is 4. The number of carbonyl (C=O) groups excluding carboxylic acids is 2. The van der Waals surface area contributed by atoms with Crippen LogP contribution in [0.3, 0.4) is 0 Å². The molecule has 0 bridgehead atoms. The third kappa shape index (κ3) is 7.38. The summed E-state index contributed by atoms with van der Waals surface area (Å²) in [6.45, 7) is 8.54. The molecular weight excluding hydrogens is 554 g/mol. The third-order valence-electron chi connectivity index (χ3n) is 8.16. The van der Waals surface area contributed by atoms with Crippen LogP contribution in [-0.4, -0.2) is 61.8 Å². The molecule has 2 atom stereocenters. The average Bonchev–Trinajstić information content (AvgIpc) is 3.52. The number of aryl methyl sites for hydroxylation is 1. The summed E-state index contributed by atoms with van der Waals surface area (Å²) in [4.78, 5) is 29.0. The quantitative estimate of drug-likeness (QED) is 0.203. The monoisotopic (exact) mass is 595 g/mol. The number of aromatic nitrogens is 4. The van der Waals surface area contributed by atoms with Crippen LogP contribution in [0, 0.1) is 5.92 Å². The van der Waals surface area contributed by atoms with Crippen LogP contribution < -0.4 is 15.5 Å². The number of carbonyl (C=O) groups is 2. The molecule has 4 N–H and O–H groups in total. The van der Waals surface area contributed by atoms with Gasteiger partial charge in [-0.3, -0.25) is 9.59 Å². The molecule has 0 saturated carbocycles. The van der Waals surface area contributed by atoms with Crippen LogP contribution >= 0.6 is 0 Å². The van der Waals surface area contributed by atoms with Gasteiger partial charge in [-0.15, -0.1) is 10.2 Å². The van der Waals surface area contributed by atoms with Gasteiger partial charge in [0.05, 0.1) is 12.6 Å². The smallest absolute Gasteiger partial charge is 0.249 e. The van der Waals surface area contributed by atoms with Gasteiger partial charge in [0.1, 0.15) is 6.04 Å². The van der Waals surface area contributed by atoms with E-state index in [-0.39, 0.29) is 24.2 Å². The molecule has 1 aliphatic heterocycles. The first-order chi connectivity index (χ1) is 21.1. The Balaban J connectivity index is 1.32. The Morgan fingerprint density at radius 3 is 2.45 bits per heavy atom. The van der Waals surface area contributed by atoms with E-state index in [0.717, 1.165) is 33.5 Å². The molecule has 10 nitrogen and oxygen atoms in total. The largest absolute Gasteiger partial charge is 0.392 e. The zero-order chi connectivity index (χ0) is 31.3. The summed E-state index contributed by atoms with van der Waals surface area (Å²) in [6.07, 6.45) is 0.879. The van der Waals surface area contributed by atoms with Crippen molar-refractivity contribution in [1.82, 2.24) is 31.3 Å². The van der Waals surface area contributed by atoms with E-state index in [0.29, 0.717) is 31.8 Å². The molecule has 3 aromatic carbocycles. The molecular formula is C34H41N7O3. The summed E-state index contributed by atoms with van der Waals surface area (Å²) in [5, 5.41) is 31.0. The van der Waals surface area contributed by atoms with Crippen LogP contribution in [0.1, 0.15) is 51.7 Å². The summed E-state index contributed by atoms with van der Waals surface area (Å²) < 4.78 is 0. The molecule has 0 fully saturated rings. The highest BCUT2D eigenvalue weighted by atomic mass is 16.3. The van der Waals surface area contributed by atoms with Crippen molar-refractivity contribution >= 4 is 17.5 Å². The van der Waals surface area contributed by atoms with Gasteiger partial charge in [-0.2, -0.15) is 5.21 Å². The normalized spacial score (nSPS) is 16.0. The second-order valence-corrected chi connectivity index (χ2v) is 12.4. The summed E-state index contributed by atoms with van der Waals surface area (Å²) in [5.74, 6) is 0.315. The number of hydrogen-bond acceptors (Lipinski definition) is 7. The van der Waals surface area contributed by atoms with Crippen LogP contribution in [-0.2, 0) is 22.6 Å². The molecule has 0 spiro atoms. The Labute approximate surface area is 258 Å². The SMILES string of the molecule is CC(C)[C@H](O)CNC(C)(C)CC(=O)N[C@@H]1CCc2ccccc2N(Cc2ccc(-c3ccccc3-c3nn[nH]n3)cc2)C1=O. The van der Waals surface area contributed by atoms with E-state index in [1.54, 1.807) is 4.90 Å². The highest BCUT2D eigenvalue weighted by Gasteiger charge is 2.33. The molecule has 4 aromatic rings. The lowest BCUT2D eigenvalue weighted by molar-refractivity contribution is -0.128. The van der Waals surface area contributed by atoms with Gasteiger partial charge in [0.15, 0.2) is 0 Å². The van der Waals surface area contributed by atoms with Gasteiger partial charge in [-0.25, -0.2) is 0 Å². The van der Waals surface area contributed by atoms with Gasteiger partial charge >= 0.3 is 0 Å². The minimum Gasteiger partial charge on any atom is -0.392 e. The maximum absolute atomic E-state index is 14.0. The van der Waals surface area contributed by atoms with Crippen LogP contribution in [0.15, 0.2) is 72.8 Å². The van der Waals surface area contributed by atoms with Gasteiger partial charge in [0.25, 0.3) is 0 Å². The lowest BCUT2D eigenvalue weighted by atomic mass is 9.98. The number of aliphatic hydroxyl groups excluding tert-OH is 1. The fraction of sp³-hybridized carbons (Fsp3) is 0.382. The van der Waals surface area contributed by atoms with Crippen molar-refractivity contribution in [3.05, 3.63) is 83.9 Å². The van der Waals surface area contributed by atoms with Crippen LogP contribution in [0.4, 0.5) is 5.69 Å². The first-order valence-electron chi connectivity index (χ1n) is 15.2. The number of para-hydroxylation sites is 1. The van der Waals surface area contributed by atoms with Crippen molar-refractivity contribution in [2.75, 3.05) is 11.4 Å². The number of nitrogens with zero attached hydrogens (tertiary/aromatic N) is 4. The molecule has 0 saturated heterocycles. The summed E-state index contributed by atoms with van der Waals surface area (Å²) in [7, 11) is 0. The number of tetrazole rings is 1. The molecule has 1 aliphatic rings. The predicted molar refractivity (Wildman–Crippen MR) is 170 cm³/mol. The van der Waals surface area contributed by atoms with E-state index in [1.807, 2.05) is 100 Å². The molecule has 0 aliphatic carbocycles. The number of aromatic amines is 1. The maximum atomic E-state index is 14.0. The first-order valence-corrected chi connectivity index (χ1v) is 15.2. The standard InChI is InChI=1S/C34H41N7O3/c1-22(2)30(42)20-35-34(3,4)19-31(43)36-28-18-17-25-9-5-8-12-29(25)41(33(28)44)21-23-13-15-24(16-14-23)26-10-6-7-11-27(26)32-37-39-40-38-32/h5-16,22,28,30,35,42H,17-21H2,1-4H3,(H,36,43)(H,37,38,39,40)/t28-,30-/m1/s1. The molecule has 2 heterocycles. The van der Waals surface area contributed by atoms with Crippen molar-refractivity contribution < 1.29 is 14.7 Å². The van der Waals surface area contributed by atoms with E-state index < -0.39 is 17.7 Å². The van der Waals surface area contributed by atoms with Crippen molar-refractivity contribution in [2.45, 2.75) is 71.2 Å². The lowest BCUT2D eigenvalue weighted by Gasteiger charge is -2.30. The summed E-state index contributed by atoms with van der Waals surface area (Å²) in [5.41, 5.74) is 5.22. The summed E-state index contributed by atoms with van der Waals surface area (Å²) in [6, 6.07) is 23.3. The zero-order valence-corrected chi connectivity index (χ0v) is 25.7. The molecule has 0 unspecified atom stereocenters. The van der Waals surface area contributed by atoms with Crippen LogP contribution in [0.2, 0.25) is 0 Å². The first kappa shape index (κ1) is 31.0. The molecule has 44 heavy (non-hydrogen) atoms. The highest BCUT2D eigenvalue weighted by Crippen LogP contribution is 2.32.